The van der Waals surface area contributed by atoms with Crippen LogP contribution in [0.3, 0.4) is 0 Å². The maximum atomic E-state index is 5.58. The molecule has 0 aliphatic carbocycles. The van der Waals surface area contributed by atoms with Gasteiger partial charge in [-0.3, -0.25) is 0 Å². The molecule has 3 nitrogen and oxygen atoms in total. The summed E-state index contributed by atoms with van der Waals surface area (Å²) >= 11 is 0. The molecule has 0 aromatic rings. The fourth-order valence-electron chi connectivity index (χ4n) is 1.84. The molecule has 0 spiro atoms. The van der Waals surface area contributed by atoms with E-state index in [2.05, 4.69) is 13.8 Å². The molecule has 0 radical (unpaired) electrons. The third-order valence-electron chi connectivity index (χ3n) is 3.29. The molecule has 1 heterocycles. The number of hydrogen-bond acceptors (Lipinski definition) is 3. The SMILES string of the molecule is CC[Si](CCC1(C)COC1)(OC)OC. The van der Waals surface area contributed by atoms with Gasteiger partial charge in [0.2, 0.25) is 0 Å². The first kappa shape index (κ1) is 12.2. The van der Waals surface area contributed by atoms with Gasteiger partial charge in [0.25, 0.3) is 0 Å². The lowest BCUT2D eigenvalue weighted by Gasteiger charge is -2.40. The van der Waals surface area contributed by atoms with Crippen molar-refractivity contribution in [2.45, 2.75) is 32.4 Å². The van der Waals surface area contributed by atoms with Crippen molar-refractivity contribution in [2.24, 2.45) is 5.41 Å². The van der Waals surface area contributed by atoms with E-state index in [-0.39, 0.29) is 0 Å². The zero-order chi connectivity index (χ0) is 10.7. The predicted octanol–water partition coefficient (Wildman–Crippen LogP) is 2.17. The second-order valence-electron chi connectivity index (χ2n) is 4.48. The number of rotatable bonds is 6. The summed E-state index contributed by atoms with van der Waals surface area (Å²) < 4.78 is 16.4. The van der Waals surface area contributed by atoms with E-state index in [4.69, 9.17) is 13.6 Å². The summed E-state index contributed by atoms with van der Waals surface area (Å²) in [4.78, 5) is 0. The molecule has 1 saturated heterocycles. The highest BCUT2D eigenvalue weighted by Crippen LogP contribution is 2.35. The van der Waals surface area contributed by atoms with Crippen LogP contribution >= 0.6 is 0 Å². The molecular formula is C10H22O3Si. The van der Waals surface area contributed by atoms with Crippen molar-refractivity contribution in [3.05, 3.63) is 0 Å². The fraction of sp³-hybridized carbons (Fsp3) is 1.00. The van der Waals surface area contributed by atoms with Crippen molar-refractivity contribution < 1.29 is 13.6 Å². The molecule has 0 aromatic carbocycles. The standard InChI is InChI=1S/C10H22O3Si/c1-5-14(11-3,12-4)7-6-10(2)8-13-9-10/h5-9H2,1-4H3. The van der Waals surface area contributed by atoms with Gasteiger partial charge in [0.15, 0.2) is 0 Å². The second-order valence-corrected chi connectivity index (χ2v) is 8.32. The van der Waals surface area contributed by atoms with Gasteiger partial charge in [-0.05, 0) is 18.5 Å². The number of ether oxygens (including phenoxy) is 1. The lowest BCUT2D eigenvalue weighted by atomic mass is 9.86. The summed E-state index contributed by atoms with van der Waals surface area (Å²) in [5, 5.41) is 0. The van der Waals surface area contributed by atoms with Crippen LogP contribution in [0.25, 0.3) is 0 Å². The third-order valence-corrected chi connectivity index (χ3v) is 6.87. The van der Waals surface area contributed by atoms with E-state index in [1.54, 1.807) is 14.2 Å². The molecule has 0 N–H and O–H groups in total. The largest absolute Gasteiger partial charge is 0.398 e. The first-order valence-electron chi connectivity index (χ1n) is 5.28. The van der Waals surface area contributed by atoms with Crippen molar-refractivity contribution in [2.75, 3.05) is 27.4 Å². The van der Waals surface area contributed by atoms with Gasteiger partial charge in [-0.25, -0.2) is 0 Å². The Labute approximate surface area is 88.0 Å². The first-order valence-corrected chi connectivity index (χ1v) is 7.51. The fourth-order valence-corrected chi connectivity index (χ4v) is 4.33. The van der Waals surface area contributed by atoms with Gasteiger partial charge >= 0.3 is 8.56 Å². The molecule has 1 aliphatic heterocycles. The summed E-state index contributed by atoms with van der Waals surface area (Å²) in [6.45, 7) is 6.22. The van der Waals surface area contributed by atoms with Gasteiger partial charge in [0.05, 0.1) is 13.2 Å². The third kappa shape index (κ3) is 2.57. The van der Waals surface area contributed by atoms with Gasteiger partial charge in [0, 0.05) is 19.6 Å². The smallest absolute Gasteiger partial charge is 0.337 e. The maximum absolute atomic E-state index is 5.58. The normalized spacial score (nSPS) is 20.6. The molecular weight excluding hydrogens is 196 g/mol. The van der Waals surface area contributed by atoms with Crippen molar-refractivity contribution in [3.8, 4) is 0 Å². The van der Waals surface area contributed by atoms with Crippen molar-refractivity contribution in [1.29, 1.82) is 0 Å². The Morgan fingerprint density at radius 1 is 1.29 bits per heavy atom. The van der Waals surface area contributed by atoms with Gasteiger partial charge in [-0.2, -0.15) is 0 Å². The van der Waals surface area contributed by atoms with E-state index in [1.807, 2.05) is 0 Å². The van der Waals surface area contributed by atoms with Crippen LogP contribution in [-0.2, 0) is 13.6 Å². The minimum absolute atomic E-state index is 0.379. The topological polar surface area (TPSA) is 27.7 Å². The van der Waals surface area contributed by atoms with E-state index in [1.165, 1.54) is 0 Å². The summed E-state index contributed by atoms with van der Waals surface area (Å²) in [5.41, 5.74) is 0.379. The minimum Gasteiger partial charge on any atom is -0.398 e. The van der Waals surface area contributed by atoms with E-state index >= 15 is 0 Å². The summed E-state index contributed by atoms with van der Waals surface area (Å²) in [6, 6.07) is 2.10. The Morgan fingerprint density at radius 2 is 1.86 bits per heavy atom. The highest BCUT2D eigenvalue weighted by Gasteiger charge is 2.39. The highest BCUT2D eigenvalue weighted by molar-refractivity contribution is 6.67. The average molecular weight is 218 g/mol. The molecule has 0 bridgehead atoms. The molecule has 0 aromatic heterocycles. The Hall–Kier alpha value is 0.0969. The van der Waals surface area contributed by atoms with E-state index in [0.29, 0.717) is 5.41 Å². The Bertz CT molecular complexity index is 168. The summed E-state index contributed by atoms with van der Waals surface area (Å²) in [7, 11) is 1.69. The van der Waals surface area contributed by atoms with Crippen LogP contribution in [-0.4, -0.2) is 36.0 Å². The van der Waals surface area contributed by atoms with Crippen LogP contribution in [0.1, 0.15) is 20.3 Å². The van der Waals surface area contributed by atoms with Gasteiger partial charge in [-0.15, -0.1) is 0 Å². The van der Waals surface area contributed by atoms with E-state index < -0.39 is 8.56 Å². The summed E-state index contributed by atoms with van der Waals surface area (Å²) in [5.74, 6) is 0. The Morgan fingerprint density at radius 3 is 2.14 bits per heavy atom. The van der Waals surface area contributed by atoms with Crippen molar-refractivity contribution >= 4 is 8.56 Å². The summed E-state index contributed by atoms with van der Waals surface area (Å²) in [6.07, 6.45) is 1.16. The lowest BCUT2D eigenvalue weighted by molar-refractivity contribution is -0.104. The molecule has 14 heavy (non-hydrogen) atoms. The predicted molar refractivity (Wildman–Crippen MR) is 58.6 cm³/mol. The molecule has 0 unspecified atom stereocenters. The van der Waals surface area contributed by atoms with Gasteiger partial charge in [0.1, 0.15) is 0 Å². The van der Waals surface area contributed by atoms with Gasteiger partial charge < -0.3 is 13.6 Å². The van der Waals surface area contributed by atoms with E-state index in [9.17, 15) is 0 Å². The quantitative estimate of drug-likeness (QED) is 0.640. The van der Waals surface area contributed by atoms with Gasteiger partial charge in [-0.1, -0.05) is 13.8 Å². The molecule has 4 heteroatoms. The molecule has 1 fully saturated rings. The van der Waals surface area contributed by atoms with Crippen LogP contribution in [0, 0.1) is 5.41 Å². The molecule has 1 aliphatic rings. The monoisotopic (exact) mass is 218 g/mol. The zero-order valence-corrected chi connectivity index (χ0v) is 10.8. The Balaban J connectivity index is 2.39. The first-order chi connectivity index (χ1) is 6.60. The van der Waals surface area contributed by atoms with Crippen LogP contribution in [0.4, 0.5) is 0 Å². The van der Waals surface area contributed by atoms with Crippen molar-refractivity contribution in [1.82, 2.24) is 0 Å². The number of hydrogen-bond donors (Lipinski definition) is 0. The maximum Gasteiger partial charge on any atom is 0.337 e. The molecule has 0 saturated carbocycles. The van der Waals surface area contributed by atoms with Crippen molar-refractivity contribution in [3.63, 3.8) is 0 Å². The molecule has 1 rings (SSSR count). The van der Waals surface area contributed by atoms with Crippen LogP contribution in [0.2, 0.25) is 12.1 Å². The zero-order valence-electron chi connectivity index (χ0n) is 9.76. The molecule has 0 amide bonds. The minimum atomic E-state index is -1.87. The lowest BCUT2D eigenvalue weighted by Crippen LogP contribution is -2.45. The van der Waals surface area contributed by atoms with Crippen LogP contribution in [0.5, 0.6) is 0 Å². The van der Waals surface area contributed by atoms with Crippen LogP contribution in [0.15, 0.2) is 0 Å². The average Bonchev–Trinajstić information content (AvgIpc) is 2.18. The highest BCUT2D eigenvalue weighted by atomic mass is 28.4. The molecule has 84 valence electrons. The Kier molecular flexibility index (Phi) is 4.12. The van der Waals surface area contributed by atoms with Crippen LogP contribution < -0.4 is 0 Å². The molecule has 0 atom stereocenters. The van der Waals surface area contributed by atoms with E-state index in [0.717, 1.165) is 31.7 Å². The second kappa shape index (κ2) is 4.75.